The number of imidazole rings is 1. The van der Waals surface area contributed by atoms with E-state index in [1.165, 1.54) is 6.33 Å². The molecule has 14 heteroatoms. The Morgan fingerprint density at radius 2 is 1.97 bits per heavy atom. The standard InChI is InChI=1S/C22H37N6O6PS/c1-7-10-36-21(30)22(5,6)27-35(31,33-9-8-17(29)34-15(2)3)14-32-16(4)11-28-13-26-18-19(23)24-12-25-20(18)28/h12-13,15-16H,7-11,14H2,1-6H3,(H,27,31)(H2,23,24,25)/t16-,35?/m1/s1. The fourth-order valence-corrected chi connectivity index (χ4v) is 6.01. The maximum atomic E-state index is 13.7. The van der Waals surface area contributed by atoms with Crippen molar-refractivity contribution in [2.75, 3.05) is 24.4 Å². The number of nitrogens with one attached hydrogen (secondary N) is 1. The van der Waals surface area contributed by atoms with Gasteiger partial charge in [-0.2, -0.15) is 0 Å². The van der Waals surface area contributed by atoms with Gasteiger partial charge < -0.3 is 24.3 Å². The lowest BCUT2D eigenvalue weighted by atomic mass is 10.1. The molecule has 0 spiro atoms. The molecule has 12 nitrogen and oxygen atoms in total. The van der Waals surface area contributed by atoms with Crippen molar-refractivity contribution in [3.05, 3.63) is 12.7 Å². The Morgan fingerprint density at radius 1 is 1.25 bits per heavy atom. The first kappa shape index (κ1) is 30.2. The van der Waals surface area contributed by atoms with Crippen molar-refractivity contribution >= 4 is 47.3 Å². The van der Waals surface area contributed by atoms with Crippen molar-refractivity contribution in [3.8, 4) is 0 Å². The van der Waals surface area contributed by atoms with Gasteiger partial charge in [0, 0.05) is 5.75 Å². The molecule has 2 atom stereocenters. The molecule has 36 heavy (non-hydrogen) atoms. The lowest BCUT2D eigenvalue weighted by Crippen LogP contribution is -2.44. The molecule has 3 N–H and O–H groups in total. The molecule has 1 unspecified atom stereocenters. The number of ether oxygens (including phenoxy) is 2. The second-order valence-electron chi connectivity index (χ2n) is 9.10. The third-order valence-corrected chi connectivity index (χ3v) is 8.16. The topological polar surface area (TPSA) is 161 Å². The van der Waals surface area contributed by atoms with Crippen molar-refractivity contribution in [1.29, 1.82) is 0 Å². The van der Waals surface area contributed by atoms with E-state index in [9.17, 15) is 14.2 Å². The Hall–Kier alpha value is -2.05. The molecule has 0 saturated heterocycles. The predicted molar refractivity (Wildman–Crippen MR) is 140 cm³/mol. The van der Waals surface area contributed by atoms with Gasteiger partial charge in [0.15, 0.2) is 11.5 Å². The molecular formula is C22H37N6O6PS. The molecule has 0 aromatic carbocycles. The number of thioether (sulfide) groups is 1. The highest BCUT2D eigenvalue weighted by Gasteiger charge is 2.37. The summed E-state index contributed by atoms with van der Waals surface area (Å²) in [4.78, 5) is 37.0. The monoisotopic (exact) mass is 544 g/mol. The molecule has 202 valence electrons. The quantitative estimate of drug-likeness (QED) is 0.249. The number of hydrogen-bond acceptors (Lipinski definition) is 11. The van der Waals surface area contributed by atoms with Crippen LogP contribution in [0.1, 0.15) is 54.4 Å². The zero-order valence-corrected chi connectivity index (χ0v) is 23.4. The Kier molecular flexibility index (Phi) is 11.3. The summed E-state index contributed by atoms with van der Waals surface area (Å²) in [7, 11) is -3.70. The van der Waals surface area contributed by atoms with Gasteiger partial charge in [-0.3, -0.25) is 14.2 Å². The maximum absolute atomic E-state index is 13.7. The van der Waals surface area contributed by atoms with Crippen LogP contribution in [0.25, 0.3) is 11.2 Å². The number of anilines is 1. The van der Waals surface area contributed by atoms with Gasteiger partial charge in [-0.05, 0) is 41.0 Å². The van der Waals surface area contributed by atoms with Crippen molar-refractivity contribution in [2.45, 2.75) is 78.7 Å². The van der Waals surface area contributed by atoms with E-state index >= 15 is 0 Å². The minimum Gasteiger partial charge on any atom is -0.463 e. The van der Waals surface area contributed by atoms with Gasteiger partial charge in [0.05, 0.1) is 43.6 Å². The SMILES string of the molecule is CCCSC(=O)C(C)(C)NP(=O)(CO[C@H](C)Cn1cnc2c(N)ncnc21)OCCC(=O)OC(C)C. The van der Waals surface area contributed by atoms with E-state index in [0.717, 1.165) is 18.2 Å². The number of esters is 1. The van der Waals surface area contributed by atoms with Gasteiger partial charge in [-0.25, -0.2) is 20.0 Å². The summed E-state index contributed by atoms with van der Waals surface area (Å²) in [6.07, 6.45) is 2.69. The van der Waals surface area contributed by atoms with Crippen molar-refractivity contribution in [3.63, 3.8) is 0 Å². The maximum Gasteiger partial charge on any atom is 0.308 e. The van der Waals surface area contributed by atoms with Crippen LogP contribution in [-0.4, -0.2) is 67.1 Å². The summed E-state index contributed by atoms with van der Waals surface area (Å²) < 4.78 is 32.1. The molecule has 0 amide bonds. The van der Waals surface area contributed by atoms with Crippen LogP contribution in [0, 0.1) is 0 Å². The molecule has 0 bridgehead atoms. The summed E-state index contributed by atoms with van der Waals surface area (Å²) in [6.45, 7) is 10.7. The first-order valence-electron chi connectivity index (χ1n) is 11.8. The number of aromatic nitrogens is 4. The number of hydrogen-bond donors (Lipinski definition) is 2. The van der Waals surface area contributed by atoms with Crippen LogP contribution in [0.15, 0.2) is 12.7 Å². The normalized spacial score (nSPS) is 14.6. The molecule has 0 aliphatic rings. The second kappa shape index (κ2) is 13.5. The van der Waals surface area contributed by atoms with E-state index in [-0.39, 0.29) is 36.4 Å². The average molecular weight is 545 g/mol. The van der Waals surface area contributed by atoms with Gasteiger partial charge in [0.1, 0.15) is 18.2 Å². The third-order valence-electron chi connectivity index (χ3n) is 4.78. The van der Waals surface area contributed by atoms with Crippen molar-refractivity contribution in [1.82, 2.24) is 24.6 Å². The number of nitrogens with zero attached hydrogens (tertiary/aromatic N) is 4. The Balaban J connectivity index is 2.08. The van der Waals surface area contributed by atoms with Crippen LogP contribution >= 0.6 is 19.3 Å². The molecule has 0 radical (unpaired) electrons. The number of nitrogen functional groups attached to an aromatic ring is 1. The van der Waals surface area contributed by atoms with Gasteiger partial charge in [-0.1, -0.05) is 18.7 Å². The lowest BCUT2D eigenvalue weighted by Gasteiger charge is -2.30. The van der Waals surface area contributed by atoms with Crippen molar-refractivity contribution < 1.29 is 28.2 Å². The first-order chi connectivity index (χ1) is 16.9. The zero-order valence-electron chi connectivity index (χ0n) is 21.7. The fourth-order valence-electron chi connectivity index (χ4n) is 3.13. The largest absolute Gasteiger partial charge is 0.463 e. The molecule has 2 heterocycles. The van der Waals surface area contributed by atoms with Crippen LogP contribution < -0.4 is 10.8 Å². The summed E-state index contributed by atoms with van der Waals surface area (Å²) >= 11 is 1.16. The summed E-state index contributed by atoms with van der Waals surface area (Å²) in [5.41, 5.74) is 5.74. The molecule has 0 aliphatic heterocycles. The highest BCUT2D eigenvalue weighted by Crippen LogP contribution is 2.45. The van der Waals surface area contributed by atoms with E-state index in [4.69, 9.17) is 19.7 Å². The minimum atomic E-state index is -3.70. The number of carbonyl (C=O) groups excluding carboxylic acids is 2. The Labute approximate surface area is 216 Å². The molecule has 2 aromatic heterocycles. The van der Waals surface area contributed by atoms with E-state index in [0.29, 0.717) is 23.5 Å². The van der Waals surface area contributed by atoms with Crippen molar-refractivity contribution in [2.24, 2.45) is 0 Å². The van der Waals surface area contributed by atoms with Gasteiger partial charge in [0.2, 0.25) is 5.12 Å². The van der Waals surface area contributed by atoms with Crippen LogP contribution in [0.4, 0.5) is 5.82 Å². The fraction of sp³-hybridized carbons (Fsp3) is 0.682. The molecule has 0 aliphatic carbocycles. The molecule has 2 aromatic rings. The van der Waals surface area contributed by atoms with Crippen LogP contribution in [0.2, 0.25) is 0 Å². The van der Waals surface area contributed by atoms with E-state index in [2.05, 4.69) is 20.0 Å². The number of nitrogens with two attached hydrogens (primary N) is 1. The Bertz CT molecular complexity index is 1080. The molecule has 2 rings (SSSR count). The number of fused-ring (bicyclic) bond motifs is 1. The number of carbonyl (C=O) groups is 2. The van der Waals surface area contributed by atoms with Gasteiger partial charge in [0.25, 0.3) is 7.52 Å². The van der Waals surface area contributed by atoms with Crippen LogP contribution in [0.5, 0.6) is 0 Å². The second-order valence-corrected chi connectivity index (χ2v) is 12.3. The van der Waals surface area contributed by atoms with E-state index in [1.54, 1.807) is 45.5 Å². The van der Waals surface area contributed by atoms with Gasteiger partial charge in [-0.15, -0.1) is 0 Å². The predicted octanol–water partition coefficient (Wildman–Crippen LogP) is 3.36. The zero-order chi connectivity index (χ0) is 26.9. The van der Waals surface area contributed by atoms with Crippen LogP contribution in [-0.2, 0) is 34.7 Å². The molecular weight excluding hydrogens is 507 g/mol. The Morgan fingerprint density at radius 3 is 2.64 bits per heavy atom. The minimum absolute atomic E-state index is 0.0828. The van der Waals surface area contributed by atoms with E-state index in [1.807, 2.05) is 6.92 Å². The summed E-state index contributed by atoms with van der Waals surface area (Å²) in [5, 5.41) is 2.71. The van der Waals surface area contributed by atoms with Gasteiger partial charge >= 0.3 is 5.97 Å². The highest BCUT2D eigenvalue weighted by molar-refractivity contribution is 8.13. The molecule has 0 saturated carbocycles. The smallest absolute Gasteiger partial charge is 0.308 e. The average Bonchev–Trinajstić information content (AvgIpc) is 3.19. The third kappa shape index (κ3) is 9.11. The first-order valence-corrected chi connectivity index (χ1v) is 14.6. The lowest BCUT2D eigenvalue weighted by molar-refractivity contribution is -0.147. The summed E-state index contributed by atoms with van der Waals surface area (Å²) in [5.74, 6) is 0.461. The number of rotatable bonds is 15. The summed E-state index contributed by atoms with van der Waals surface area (Å²) in [6, 6.07) is 0. The highest BCUT2D eigenvalue weighted by atomic mass is 32.2. The van der Waals surface area contributed by atoms with Crippen LogP contribution in [0.3, 0.4) is 0 Å². The van der Waals surface area contributed by atoms with E-state index < -0.39 is 25.1 Å². The molecule has 0 fully saturated rings.